The molecule has 0 fully saturated rings. The maximum Gasteiger partial charge on any atom is 0.266 e. The number of rotatable bonds is 5. The van der Waals surface area contributed by atoms with E-state index in [2.05, 4.69) is 5.32 Å². The zero-order valence-corrected chi connectivity index (χ0v) is 17.4. The van der Waals surface area contributed by atoms with Gasteiger partial charge in [0.1, 0.15) is 17.5 Å². The fourth-order valence-electron chi connectivity index (χ4n) is 2.98. The normalized spacial score (nSPS) is 11.1. The minimum absolute atomic E-state index is 0.0360. The fraction of sp³-hybridized carbons (Fsp3) is 0.120. The lowest BCUT2D eigenvalue weighted by atomic mass is 10.0. The summed E-state index contributed by atoms with van der Waals surface area (Å²) in [5.74, 6) is -0.778. The molecule has 3 rings (SSSR count). The number of benzene rings is 3. The maximum atomic E-state index is 13.9. The Bertz CT molecular complexity index is 1180. The molecule has 150 valence electrons. The zero-order chi connectivity index (χ0) is 21.7. The van der Waals surface area contributed by atoms with Crippen LogP contribution in [0.1, 0.15) is 27.8 Å². The number of hydrogen-bond acceptors (Lipinski definition) is 2. The number of carbonyl (C=O) groups excluding carboxylic acids is 1. The summed E-state index contributed by atoms with van der Waals surface area (Å²) >= 11 is 6.36. The van der Waals surface area contributed by atoms with Crippen molar-refractivity contribution < 1.29 is 9.18 Å². The molecule has 0 aliphatic rings. The Morgan fingerprint density at radius 1 is 1.07 bits per heavy atom. The lowest BCUT2D eigenvalue weighted by Gasteiger charge is -2.08. The van der Waals surface area contributed by atoms with Crippen molar-refractivity contribution in [3.8, 4) is 6.07 Å². The summed E-state index contributed by atoms with van der Waals surface area (Å²) in [6.07, 6.45) is 1.84. The lowest BCUT2D eigenvalue weighted by Crippen LogP contribution is -2.13. The van der Waals surface area contributed by atoms with Gasteiger partial charge in [-0.3, -0.25) is 4.79 Å². The molecule has 0 saturated heterocycles. The van der Waals surface area contributed by atoms with Gasteiger partial charge >= 0.3 is 0 Å². The van der Waals surface area contributed by atoms with Crippen molar-refractivity contribution in [3.05, 3.63) is 105 Å². The first-order valence-corrected chi connectivity index (χ1v) is 9.77. The number of amides is 1. The van der Waals surface area contributed by atoms with E-state index in [1.54, 1.807) is 42.5 Å². The second-order valence-electron chi connectivity index (χ2n) is 7.04. The molecule has 0 unspecified atom stereocenters. The van der Waals surface area contributed by atoms with E-state index in [1.165, 1.54) is 12.1 Å². The third kappa shape index (κ3) is 5.14. The first kappa shape index (κ1) is 21.3. The van der Waals surface area contributed by atoms with E-state index in [9.17, 15) is 14.4 Å². The standard InChI is InChI=1S/C25H20ClFN2O/c1-16-7-10-22(11-17(16)2)29-25(30)21(15-28)12-18-8-9-19(23(26)13-18)14-20-5-3-4-6-24(20)27/h3-13H,14H2,1-2H3,(H,29,30)/b21-12+. The first-order valence-electron chi connectivity index (χ1n) is 9.39. The van der Waals surface area contributed by atoms with E-state index in [1.807, 2.05) is 32.0 Å². The van der Waals surface area contributed by atoms with Crippen molar-refractivity contribution in [3.63, 3.8) is 0 Å². The van der Waals surface area contributed by atoms with Gasteiger partial charge in [0.05, 0.1) is 0 Å². The highest BCUT2D eigenvalue weighted by atomic mass is 35.5. The number of carbonyl (C=O) groups is 1. The zero-order valence-electron chi connectivity index (χ0n) is 16.7. The lowest BCUT2D eigenvalue weighted by molar-refractivity contribution is -0.112. The van der Waals surface area contributed by atoms with Crippen LogP contribution in [0.15, 0.2) is 66.2 Å². The highest BCUT2D eigenvalue weighted by Crippen LogP contribution is 2.24. The molecule has 0 aliphatic carbocycles. The second kappa shape index (κ2) is 9.39. The minimum atomic E-state index is -0.493. The van der Waals surface area contributed by atoms with Gasteiger partial charge in [0.15, 0.2) is 0 Å². The van der Waals surface area contributed by atoms with Crippen LogP contribution in [0.2, 0.25) is 5.02 Å². The number of halogens is 2. The van der Waals surface area contributed by atoms with Gasteiger partial charge in [-0.25, -0.2) is 4.39 Å². The number of hydrogen-bond donors (Lipinski definition) is 1. The van der Waals surface area contributed by atoms with Crippen LogP contribution in [0.4, 0.5) is 10.1 Å². The van der Waals surface area contributed by atoms with Crippen molar-refractivity contribution in [1.82, 2.24) is 0 Å². The quantitative estimate of drug-likeness (QED) is 0.394. The predicted octanol–water partition coefficient (Wildman–Crippen LogP) is 6.23. The Balaban J connectivity index is 1.79. The largest absolute Gasteiger partial charge is 0.321 e. The average molecular weight is 419 g/mol. The summed E-state index contributed by atoms with van der Waals surface area (Å²) in [6, 6.07) is 19.2. The second-order valence-corrected chi connectivity index (χ2v) is 7.45. The van der Waals surface area contributed by atoms with Crippen LogP contribution in [0.3, 0.4) is 0 Å². The van der Waals surface area contributed by atoms with Crippen LogP contribution in [-0.2, 0) is 11.2 Å². The van der Waals surface area contributed by atoms with Gasteiger partial charge in [0, 0.05) is 17.1 Å². The van der Waals surface area contributed by atoms with Crippen molar-refractivity contribution in [2.75, 3.05) is 5.32 Å². The predicted molar refractivity (Wildman–Crippen MR) is 119 cm³/mol. The number of aryl methyl sites for hydroxylation is 2. The first-order chi connectivity index (χ1) is 14.4. The molecule has 3 aromatic rings. The third-order valence-corrected chi connectivity index (χ3v) is 5.21. The van der Waals surface area contributed by atoms with E-state index in [-0.39, 0.29) is 11.4 Å². The van der Waals surface area contributed by atoms with Crippen LogP contribution in [0.25, 0.3) is 6.08 Å². The van der Waals surface area contributed by atoms with Crippen LogP contribution >= 0.6 is 11.6 Å². The molecule has 0 aliphatic heterocycles. The Hall–Kier alpha value is -3.42. The highest BCUT2D eigenvalue weighted by molar-refractivity contribution is 6.31. The number of nitriles is 1. The number of nitrogens with one attached hydrogen (secondary N) is 1. The number of nitrogens with zero attached hydrogens (tertiary/aromatic N) is 1. The number of anilines is 1. The molecule has 0 spiro atoms. The van der Waals surface area contributed by atoms with Crippen LogP contribution < -0.4 is 5.32 Å². The van der Waals surface area contributed by atoms with E-state index in [0.717, 1.165) is 16.7 Å². The smallest absolute Gasteiger partial charge is 0.266 e. The molecule has 0 heterocycles. The molecule has 0 bridgehead atoms. The summed E-state index contributed by atoms with van der Waals surface area (Å²) in [5.41, 5.74) is 4.68. The Morgan fingerprint density at radius 2 is 1.83 bits per heavy atom. The fourth-order valence-corrected chi connectivity index (χ4v) is 3.23. The molecule has 0 aromatic heterocycles. The van der Waals surface area contributed by atoms with Gasteiger partial charge in [-0.05, 0) is 72.0 Å². The summed E-state index contributed by atoms with van der Waals surface area (Å²) in [7, 11) is 0. The Morgan fingerprint density at radius 3 is 2.50 bits per heavy atom. The molecule has 5 heteroatoms. The monoisotopic (exact) mass is 418 g/mol. The summed E-state index contributed by atoms with van der Waals surface area (Å²) < 4.78 is 13.9. The average Bonchev–Trinajstić information content (AvgIpc) is 2.72. The van der Waals surface area contributed by atoms with Gasteiger partial charge < -0.3 is 5.32 Å². The molecule has 1 amide bonds. The maximum absolute atomic E-state index is 13.9. The van der Waals surface area contributed by atoms with Crippen molar-refractivity contribution >= 4 is 29.3 Å². The van der Waals surface area contributed by atoms with Crippen molar-refractivity contribution in [2.45, 2.75) is 20.3 Å². The molecular formula is C25H20ClFN2O. The van der Waals surface area contributed by atoms with E-state index < -0.39 is 5.91 Å². The van der Waals surface area contributed by atoms with Crippen LogP contribution in [-0.4, -0.2) is 5.91 Å². The van der Waals surface area contributed by atoms with Gasteiger partial charge in [0.2, 0.25) is 0 Å². The third-order valence-electron chi connectivity index (χ3n) is 4.86. The molecule has 3 aromatic carbocycles. The van der Waals surface area contributed by atoms with Gasteiger partial charge in [-0.15, -0.1) is 0 Å². The highest BCUT2D eigenvalue weighted by Gasteiger charge is 2.11. The molecule has 0 saturated carbocycles. The summed E-state index contributed by atoms with van der Waals surface area (Å²) in [5, 5.41) is 12.6. The van der Waals surface area contributed by atoms with Crippen molar-refractivity contribution in [1.29, 1.82) is 5.26 Å². The molecule has 1 N–H and O–H groups in total. The molecular weight excluding hydrogens is 399 g/mol. The molecule has 30 heavy (non-hydrogen) atoms. The Kier molecular flexibility index (Phi) is 6.66. The van der Waals surface area contributed by atoms with E-state index >= 15 is 0 Å². The van der Waals surface area contributed by atoms with Gasteiger partial charge in [0.25, 0.3) is 5.91 Å². The van der Waals surface area contributed by atoms with Crippen LogP contribution in [0.5, 0.6) is 0 Å². The van der Waals surface area contributed by atoms with Crippen molar-refractivity contribution in [2.24, 2.45) is 0 Å². The van der Waals surface area contributed by atoms with Crippen LogP contribution in [0, 0.1) is 31.0 Å². The molecule has 3 nitrogen and oxygen atoms in total. The minimum Gasteiger partial charge on any atom is -0.321 e. The molecule has 0 atom stereocenters. The van der Waals surface area contributed by atoms with E-state index in [0.29, 0.717) is 28.3 Å². The topological polar surface area (TPSA) is 52.9 Å². The van der Waals surface area contributed by atoms with E-state index in [4.69, 9.17) is 11.6 Å². The SMILES string of the molecule is Cc1ccc(NC(=O)/C(C#N)=C/c2ccc(Cc3ccccc3F)c(Cl)c2)cc1C. The summed E-state index contributed by atoms with van der Waals surface area (Å²) in [6.45, 7) is 3.94. The molecule has 0 radical (unpaired) electrons. The Labute approximate surface area is 180 Å². The van der Waals surface area contributed by atoms with Gasteiger partial charge in [-0.2, -0.15) is 5.26 Å². The van der Waals surface area contributed by atoms with Gasteiger partial charge in [-0.1, -0.05) is 48.0 Å². The summed E-state index contributed by atoms with van der Waals surface area (Å²) in [4.78, 5) is 12.5.